The Balaban J connectivity index is 1.36. The molecule has 0 unspecified atom stereocenters. The summed E-state index contributed by atoms with van der Waals surface area (Å²) in [7, 11) is 0. The molecule has 3 heterocycles. The molecule has 0 fully saturated rings. The second-order valence-electron chi connectivity index (χ2n) is 7.01. The van der Waals surface area contributed by atoms with Crippen molar-refractivity contribution < 1.29 is 14.2 Å². The number of benzene rings is 2. The second-order valence-corrected chi connectivity index (χ2v) is 8.07. The molecule has 2 aromatic heterocycles. The van der Waals surface area contributed by atoms with E-state index >= 15 is 0 Å². The fourth-order valence-electron chi connectivity index (χ4n) is 3.40. The van der Waals surface area contributed by atoms with Gasteiger partial charge in [-0.3, -0.25) is 9.89 Å². The van der Waals surface area contributed by atoms with Gasteiger partial charge in [0, 0.05) is 17.4 Å². The highest BCUT2D eigenvalue weighted by molar-refractivity contribution is 7.99. The highest BCUT2D eigenvalue weighted by Crippen LogP contribution is 2.35. The summed E-state index contributed by atoms with van der Waals surface area (Å²) in [5.41, 5.74) is 2.13. The first-order valence-electron chi connectivity index (χ1n) is 10.1. The molecule has 0 saturated carbocycles. The Labute approximate surface area is 187 Å². The molecule has 0 atom stereocenters. The number of H-pyrrole nitrogens is 1. The lowest BCUT2D eigenvalue weighted by molar-refractivity contribution is 0.174. The van der Waals surface area contributed by atoms with Crippen LogP contribution in [0.25, 0.3) is 17.0 Å². The zero-order chi connectivity index (χ0) is 21.9. The van der Waals surface area contributed by atoms with Crippen LogP contribution in [0, 0.1) is 0 Å². The van der Waals surface area contributed by atoms with E-state index in [2.05, 4.69) is 21.6 Å². The molecule has 1 aliphatic rings. The van der Waals surface area contributed by atoms with Gasteiger partial charge in [-0.2, -0.15) is 0 Å². The Morgan fingerprint density at radius 3 is 2.94 bits per heavy atom. The van der Waals surface area contributed by atoms with Crippen LogP contribution < -0.4 is 19.8 Å². The Morgan fingerprint density at radius 2 is 2.03 bits per heavy atom. The molecule has 0 spiro atoms. The maximum atomic E-state index is 11.9. The number of hydrogen-bond donors (Lipinski definition) is 1. The number of hydrogen-bond acceptors (Lipinski definition) is 7. The first kappa shape index (κ1) is 20.2. The number of nitrogens with zero attached hydrogens (tertiary/aromatic N) is 3. The molecule has 4 aromatic rings. The van der Waals surface area contributed by atoms with Gasteiger partial charge in [-0.1, -0.05) is 36.0 Å². The van der Waals surface area contributed by atoms with Crippen molar-refractivity contribution in [1.29, 1.82) is 0 Å². The van der Waals surface area contributed by atoms with Gasteiger partial charge in [0.05, 0.1) is 6.61 Å². The van der Waals surface area contributed by atoms with Crippen molar-refractivity contribution >= 4 is 17.4 Å². The Kier molecular flexibility index (Phi) is 5.55. The third-order valence-corrected chi connectivity index (χ3v) is 5.77. The van der Waals surface area contributed by atoms with Crippen LogP contribution in [-0.2, 0) is 6.42 Å². The molecule has 2 aromatic carbocycles. The predicted molar refractivity (Wildman–Crippen MR) is 122 cm³/mol. The quantitative estimate of drug-likeness (QED) is 0.250. The normalized spacial score (nSPS) is 12.2. The molecule has 32 heavy (non-hydrogen) atoms. The van der Waals surface area contributed by atoms with E-state index in [1.807, 2.05) is 48.5 Å². The van der Waals surface area contributed by atoms with Gasteiger partial charge in [0.25, 0.3) is 5.56 Å². The minimum absolute atomic E-state index is 0.197. The molecule has 1 N–H and O–H groups in total. The summed E-state index contributed by atoms with van der Waals surface area (Å²) < 4.78 is 18.4. The molecule has 0 radical (unpaired) electrons. The zero-order valence-electron chi connectivity index (χ0n) is 17.1. The van der Waals surface area contributed by atoms with E-state index in [1.54, 1.807) is 4.52 Å². The van der Waals surface area contributed by atoms with Gasteiger partial charge in [0.1, 0.15) is 5.75 Å². The molecule has 9 heteroatoms. The van der Waals surface area contributed by atoms with E-state index in [9.17, 15) is 4.79 Å². The van der Waals surface area contributed by atoms with Crippen molar-refractivity contribution in [2.45, 2.75) is 11.6 Å². The third-order valence-electron chi connectivity index (χ3n) is 4.86. The first-order valence-corrected chi connectivity index (χ1v) is 11.0. The number of nitrogens with one attached hydrogen (secondary N) is 1. The molecule has 0 bridgehead atoms. The number of aromatic amines is 1. The number of allylic oxidation sites excluding steroid dienone is 1. The maximum Gasteiger partial charge on any atom is 0.266 e. The lowest BCUT2D eigenvalue weighted by Crippen LogP contribution is -2.07. The summed E-state index contributed by atoms with van der Waals surface area (Å²) >= 11 is 1.48. The Bertz CT molecular complexity index is 1350. The van der Waals surface area contributed by atoms with Gasteiger partial charge >= 0.3 is 0 Å². The van der Waals surface area contributed by atoms with Gasteiger partial charge in [-0.05, 0) is 36.2 Å². The van der Waals surface area contributed by atoms with Gasteiger partial charge in [-0.25, -0.2) is 14.5 Å². The largest absolute Gasteiger partial charge is 0.492 e. The fraction of sp³-hybridized carbons (Fsp3) is 0.174. The maximum absolute atomic E-state index is 11.9. The zero-order valence-corrected chi connectivity index (χ0v) is 17.9. The highest BCUT2D eigenvalue weighted by atomic mass is 32.2. The van der Waals surface area contributed by atoms with Crippen LogP contribution in [0.2, 0.25) is 0 Å². The molecule has 0 saturated heterocycles. The van der Waals surface area contributed by atoms with E-state index in [4.69, 9.17) is 14.2 Å². The van der Waals surface area contributed by atoms with Crippen molar-refractivity contribution in [2.24, 2.45) is 0 Å². The molecule has 0 aliphatic carbocycles. The summed E-state index contributed by atoms with van der Waals surface area (Å²) in [6.07, 6.45) is 2.61. The summed E-state index contributed by atoms with van der Waals surface area (Å²) in [6, 6.07) is 14.9. The molecule has 8 nitrogen and oxygen atoms in total. The Morgan fingerprint density at radius 1 is 1.16 bits per heavy atom. The standard InChI is InChI=1S/C23H20N4O4S/c1-2-5-15-6-3-4-7-17(15)29-10-11-32-23-25-22(24-20-13-21(28)26-27(20)23)16-8-9-18-19(12-16)31-14-30-18/h2-4,6-9,12-13H,1,5,10-11,14H2,(H,26,28). The lowest BCUT2D eigenvalue weighted by Gasteiger charge is -2.11. The molecular weight excluding hydrogens is 428 g/mol. The van der Waals surface area contributed by atoms with Gasteiger partial charge in [-0.15, -0.1) is 6.58 Å². The van der Waals surface area contributed by atoms with Crippen molar-refractivity contribution in [1.82, 2.24) is 19.6 Å². The van der Waals surface area contributed by atoms with Crippen LogP contribution in [0.15, 0.2) is 71.1 Å². The summed E-state index contributed by atoms with van der Waals surface area (Å²) in [6.45, 7) is 4.47. The van der Waals surface area contributed by atoms with Gasteiger partial charge in [0.2, 0.25) is 6.79 Å². The van der Waals surface area contributed by atoms with Crippen LogP contribution >= 0.6 is 11.8 Å². The Hall–Kier alpha value is -3.72. The summed E-state index contributed by atoms with van der Waals surface area (Å²) in [5.74, 6) is 3.32. The number of thioether (sulfide) groups is 1. The van der Waals surface area contributed by atoms with E-state index in [0.717, 1.165) is 23.3 Å². The van der Waals surface area contributed by atoms with Gasteiger partial charge in [0.15, 0.2) is 28.1 Å². The minimum atomic E-state index is -0.237. The molecule has 5 rings (SSSR count). The number of ether oxygens (including phenoxy) is 3. The number of para-hydroxylation sites is 1. The van der Waals surface area contributed by atoms with E-state index < -0.39 is 0 Å². The average molecular weight is 449 g/mol. The molecule has 0 amide bonds. The number of fused-ring (bicyclic) bond motifs is 2. The van der Waals surface area contributed by atoms with Crippen molar-refractivity contribution in [3.63, 3.8) is 0 Å². The van der Waals surface area contributed by atoms with Crippen LogP contribution in [0.3, 0.4) is 0 Å². The van der Waals surface area contributed by atoms with Crippen LogP contribution in [0.5, 0.6) is 17.2 Å². The van der Waals surface area contributed by atoms with E-state index in [0.29, 0.717) is 40.5 Å². The number of rotatable bonds is 8. The second kappa shape index (κ2) is 8.80. The van der Waals surface area contributed by atoms with E-state index in [1.165, 1.54) is 17.8 Å². The number of aromatic nitrogens is 4. The fourth-order valence-corrected chi connectivity index (χ4v) is 4.17. The first-order chi connectivity index (χ1) is 15.7. The van der Waals surface area contributed by atoms with Crippen LogP contribution in [0.4, 0.5) is 0 Å². The van der Waals surface area contributed by atoms with Crippen LogP contribution in [0.1, 0.15) is 5.56 Å². The van der Waals surface area contributed by atoms with Gasteiger partial charge < -0.3 is 14.2 Å². The smallest absolute Gasteiger partial charge is 0.266 e. The SMILES string of the molecule is C=CCc1ccccc1OCCSc1nc(-c2ccc3c(c2)OCO3)nc2cc(=O)[nH]n12. The average Bonchev–Trinajstić information content (AvgIpc) is 3.42. The van der Waals surface area contributed by atoms with Crippen LogP contribution in [-0.4, -0.2) is 38.7 Å². The van der Waals surface area contributed by atoms with Crippen molar-refractivity contribution in [2.75, 3.05) is 19.2 Å². The summed E-state index contributed by atoms with van der Waals surface area (Å²) in [4.78, 5) is 21.1. The third kappa shape index (κ3) is 4.06. The minimum Gasteiger partial charge on any atom is -0.492 e. The van der Waals surface area contributed by atoms with Crippen molar-refractivity contribution in [3.05, 3.63) is 77.1 Å². The topological polar surface area (TPSA) is 90.7 Å². The van der Waals surface area contributed by atoms with E-state index in [-0.39, 0.29) is 12.4 Å². The summed E-state index contributed by atoms with van der Waals surface area (Å²) in [5, 5.41) is 3.37. The predicted octanol–water partition coefficient (Wildman–Crippen LogP) is 3.71. The molecule has 1 aliphatic heterocycles. The lowest BCUT2D eigenvalue weighted by atomic mass is 10.1. The molecule has 162 valence electrons. The highest BCUT2D eigenvalue weighted by Gasteiger charge is 2.17. The molecular formula is C23H20N4O4S. The van der Waals surface area contributed by atoms with Crippen molar-refractivity contribution in [3.8, 4) is 28.6 Å². The monoisotopic (exact) mass is 448 g/mol.